The number of hydrogen-bond donors (Lipinski definition) is 0. The lowest BCUT2D eigenvalue weighted by atomic mass is 9.90. The quantitative estimate of drug-likeness (QED) is 0.528. The van der Waals surface area contributed by atoms with Crippen LogP contribution in [0.5, 0.6) is 0 Å². The van der Waals surface area contributed by atoms with Gasteiger partial charge in [0.2, 0.25) is 0 Å². The Hall–Kier alpha value is 0.630. The van der Waals surface area contributed by atoms with Crippen LogP contribution >= 0.6 is 31.9 Å². The first-order valence-electron chi connectivity index (χ1n) is 3.48. The molecule has 2 atom stereocenters. The number of hydrogen-bond acceptors (Lipinski definition) is 1. The Kier molecular flexibility index (Phi) is 2.92. The largest absolute Gasteiger partial charge is 0.302 e. The monoisotopic (exact) mass is 268 g/mol. The molecule has 0 heterocycles. The van der Waals surface area contributed by atoms with E-state index in [1.54, 1.807) is 0 Å². The van der Waals surface area contributed by atoms with E-state index in [9.17, 15) is 4.79 Å². The molecule has 0 N–H and O–H groups in total. The highest BCUT2D eigenvalue weighted by Crippen LogP contribution is 2.38. The maximum absolute atomic E-state index is 10.6. The highest BCUT2D eigenvalue weighted by molar-refractivity contribution is 9.12. The van der Waals surface area contributed by atoms with Gasteiger partial charge in [0.1, 0.15) is 6.29 Å². The molecule has 0 bridgehead atoms. The molecule has 2 unspecified atom stereocenters. The number of carbonyl (C=O) groups is 1. The van der Waals surface area contributed by atoms with Gasteiger partial charge in [0.15, 0.2) is 0 Å². The highest BCUT2D eigenvalue weighted by Gasteiger charge is 2.36. The van der Waals surface area contributed by atoms with Crippen LogP contribution in [0.2, 0.25) is 0 Å². The van der Waals surface area contributed by atoms with Crippen LogP contribution in [0.3, 0.4) is 0 Å². The number of halogens is 2. The summed E-state index contributed by atoms with van der Waals surface area (Å²) in [7, 11) is 0. The van der Waals surface area contributed by atoms with Crippen LogP contribution in [0.1, 0.15) is 25.7 Å². The standard InChI is InChI=1S/C7H10Br2O/c8-6-3-1-2-4-7(6,9)5-10/h5-6H,1-4H2. The third-order valence-electron chi connectivity index (χ3n) is 1.98. The van der Waals surface area contributed by atoms with Gasteiger partial charge in [-0.25, -0.2) is 0 Å². The first-order valence-corrected chi connectivity index (χ1v) is 5.19. The van der Waals surface area contributed by atoms with E-state index in [-0.39, 0.29) is 4.32 Å². The molecule has 1 aliphatic carbocycles. The Bertz CT molecular complexity index is 138. The maximum atomic E-state index is 10.6. The van der Waals surface area contributed by atoms with E-state index in [1.165, 1.54) is 6.42 Å². The SMILES string of the molecule is O=CC1(Br)CCCCC1Br. The van der Waals surface area contributed by atoms with Crippen LogP contribution in [-0.2, 0) is 4.79 Å². The van der Waals surface area contributed by atoms with Crippen molar-refractivity contribution in [3.8, 4) is 0 Å². The molecule has 3 heteroatoms. The van der Waals surface area contributed by atoms with Gasteiger partial charge < -0.3 is 4.79 Å². The zero-order valence-corrected chi connectivity index (χ0v) is 8.82. The normalized spacial score (nSPS) is 41.2. The molecule has 0 aromatic rings. The van der Waals surface area contributed by atoms with Crippen molar-refractivity contribution < 1.29 is 4.79 Å². The molecule has 0 saturated heterocycles. The van der Waals surface area contributed by atoms with E-state index < -0.39 is 0 Å². The summed E-state index contributed by atoms with van der Waals surface area (Å²) in [4.78, 5) is 10.9. The summed E-state index contributed by atoms with van der Waals surface area (Å²) in [5.41, 5.74) is 0. The molecule has 1 fully saturated rings. The Balaban J connectivity index is 2.62. The maximum Gasteiger partial charge on any atom is 0.137 e. The average Bonchev–Trinajstić information content (AvgIpc) is 1.96. The molecule has 0 spiro atoms. The molecule has 1 aliphatic rings. The second kappa shape index (κ2) is 3.35. The summed E-state index contributed by atoms with van der Waals surface area (Å²) in [6.07, 6.45) is 5.48. The lowest BCUT2D eigenvalue weighted by Gasteiger charge is -2.31. The average molecular weight is 270 g/mol. The number of carbonyl (C=O) groups excluding carboxylic acids is 1. The molecule has 58 valence electrons. The van der Waals surface area contributed by atoms with Gasteiger partial charge in [-0.05, 0) is 12.8 Å². The highest BCUT2D eigenvalue weighted by atomic mass is 79.9. The molecule has 0 aromatic carbocycles. The summed E-state index contributed by atoms with van der Waals surface area (Å²) >= 11 is 6.94. The van der Waals surface area contributed by atoms with E-state index in [2.05, 4.69) is 31.9 Å². The van der Waals surface area contributed by atoms with E-state index in [4.69, 9.17) is 0 Å². The second-order valence-electron chi connectivity index (χ2n) is 2.76. The van der Waals surface area contributed by atoms with E-state index in [0.29, 0.717) is 4.83 Å². The van der Waals surface area contributed by atoms with Gasteiger partial charge in [0.05, 0.1) is 4.32 Å². The molecule has 1 nitrogen and oxygen atoms in total. The molecule has 0 aromatic heterocycles. The van der Waals surface area contributed by atoms with Crippen LogP contribution in [0, 0.1) is 0 Å². The molecule has 0 aliphatic heterocycles. The molecule has 1 rings (SSSR count). The van der Waals surface area contributed by atoms with E-state index in [0.717, 1.165) is 25.5 Å². The molecule has 1 saturated carbocycles. The molecule has 0 radical (unpaired) electrons. The molecular formula is C7H10Br2O. The topological polar surface area (TPSA) is 17.1 Å². The first-order chi connectivity index (χ1) is 4.69. The zero-order valence-electron chi connectivity index (χ0n) is 5.65. The smallest absolute Gasteiger partial charge is 0.137 e. The van der Waals surface area contributed by atoms with Crippen molar-refractivity contribution in [1.82, 2.24) is 0 Å². The van der Waals surface area contributed by atoms with Crippen molar-refractivity contribution in [2.45, 2.75) is 34.8 Å². The fourth-order valence-electron chi connectivity index (χ4n) is 1.25. The number of alkyl halides is 2. The minimum Gasteiger partial charge on any atom is -0.302 e. The summed E-state index contributed by atoms with van der Waals surface area (Å²) in [5, 5.41) is 0. The summed E-state index contributed by atoms with van der Waals surface area (Å²) in [6.45, 7) is 0. The lowest BCUT2D eigenvalue weighted by Crippen LogP contribution is -2.36. The van der Waals surface area contributed by atoms with Crippen molar-refractivity contribution in [1.29, 1.82) is 0 Å². The fraction of sp³-hybridized carbons (Fsp3) is 0.857. The Morgan fingerprint density at radius 3 is 2.60 bits per heavy atom. The van der Waals surface area contributed by atoms with E-state index >= 15 is 0 Å². The first kappa shape index (κ1) is 8.72. The van der Waals surface area contributed by atoms with Gasteiger partial charge in [-0.1, -0.05) is 44.7 Å². The van der Waals surface area contributed by atoms with Crippen LogP contribution in [0.25, 0.3) is 0 Å². The summed E-state index contributed by atoms with van der Waals surface area (Å²) in [6, 6.07) is 0. The van der Waals surface area contributed by atoms with Crippen LogP contribution in [-0.4, -0.2) is 15.4 Å². The van der Waals surface area contributed by atoms with Gasteiger partial charge in [-0.15, -0.1) is 0 Å². The van der Waals surface area contributed by atoms with Crippen molar-refractivity contribution in [2.75, 3.05) is 0 Å². The number of rotatable bonds is 1. The predicted octanol–water partition coefficient (Wildman–Crippen LogP) is 2.66. The minimum absolute atomic E-state index is 0.273. The van der Waals surface area contributed by atoms with E-state index in [1.807, 2.05) is 0 Å². The molecule has 0 amide bonds. The third kappa shape index (κ3) is 1.62. The van der Waals surface area contributed by atoms with Crippen molar-refractivity contribution in [3.63, 3.8) is 0 Å². The minimum atomic E-state index is -0.273. The third-order valence-corrected chi connectivity index (χ3v) is 5.01. The second-order valence-corrected chi connectivity index (χ2v) is 5.34. The van der Waals surface area contributed by atoms with Gasteiger partial charge in [0, 0.05) is 4.83 Å². The fourth-order valence-corrected chi connectivity index (χ4v) is 2.42. The van der Waals surface area contributed by atoms with Crippen LogP contribution in [0.15, 0.2) is 0 Å². The van der Waals surface area contributed by atoms with Crippen molar-refractivity contribution >= 4 is 38.1 Å². The number of aldehydes is 1. The lowest BCUT2D eigenvalue weighted by molar-refractivity contribution is -0.110. The van der Waals surface area contributed by atoms with Crippen molar-refractivity contribution in [2.24, 2.45) is 0 Å². The molecule has 10 heavy (non-hydrogen) atoms. The van der Waals surface area contributed by atoms with Gasteiger partial charge >= 0.3 is 0 Å². The Morgan fingerprint density at radius 2 is 2.20 bits per heavy atom. The summed E-state index contributed by atoms with van der Waals surface area (Å²) in [5.74, 6) is 0. The summed E-state index contributed by atoms with van der Waals surface area (Å²) < 4.78 is -0.273. The van der Waals surface area contributed by atoms with Crippen LogP contribution in [0.4, 0.5) is 0 Å². The Morgan fingerprint density at radius 1 is 1.50 bits per heavy atom. The van der Waals surface area contributed by atoms with Crippen LogP contribution < -0.4 is 0 Å². The Labute approximate surface area is 77.8 Å². The van der Waals surface area contributed by atoms with Gasteiger partial charge in [0.25, 0.3) is 0 Å². The zero-order chi connectivity index (χ0) is 7.61. The molecular weight excluding hydrogens is 260 g/mol. The predicted molar refractivity (Wildman–Crippen MR) is 48.9 cm³/mol. The van der Waals surface area contributed by atoms with Gasteiger partial charge in [-0.2, -0.15) is 0 Å². The van der Waals surface area contributed by atoms with Gasteiger partial charge in [-0.3, -0.25) is 0 Å². The van der Waals surface area contributed by atoms with Crippen molar-refractivity contribution in [3.05, 3.63) is 0 Å².